The van der Waals surface area contributed by atoms with Crippen LogP contribution >= 0.6 is 0 Å². The molecule has 2 rings (SSSR count). The summed E-state index contributed by atoms with van der Waals surface area (Å²) in [5.41, 5.74) is 6.94. The first-order valence-electron chi connectivity index (χ1n) is 7.70. The molecule has 0 aromatic carbocycles. The van der Waals surface area contributed by atoms with Crippen molar-refractivity contribution >= 4 is 5.91 Å². The average molecular weight is 294 g/mol. The van der Waals surface area contributed by atoms with Crippen LogP contribution in [0.2, 0.25) is 0 Å². The van der Waals surface area contributed by atoms with Gasteiger partial charge in [0.05, 0.1) is 18.3 Å². The van der Waals surface area contributed by atoms with E-state index in [0.717, 1.165) is 50.6 Å². The standard InChI is InChI=1S/C15H26N4O2/c1-4-11(2)14(16)15(20)19-7-5-18(6-8-19)10-13-9-12(3)17-21-13/h9,11,14H,4-8,10,16H2,1-3H3/t11-,14-/m0/s1. The molecule has 2 N–H and O–H groups in total. The summed E-state index contributed by atoms with van der Waals surface area (Å²) in [6.45, 7) is 9.92. The van der Waals surface area contributed by atoms with E-state index >= 15 is 0 Å². The summed E-state index contributed by atoms with van der Waals surface area (Å²) < 4.78 is 5.23. The molecule has 118 valence electrons. The van der Waals surface area contributed by atoms with Crippen LogP contribution in [-0.2, 0) is 11.3 Å². The highest BCUT2D eigenvalue weighted by Gasteiger charge is 2.28. The van der Waals surface area contributed by atoms with Gasteiger partial charge < -0.3 is 15.2 Å². The Labute approximate surface area is 126 Å². The second-order valence-electron chi connectivity index (χ2n) is 5.95. The van der Waals surface area contributed by atoms with Crippen molar-refractivity contribution in [1.29, 1.82) is 0 Å². The number of nitrogens with zero attached hydrogens (tertiary/aromatic N) is 3. The lowest BCUT2D eigenvalue weighted by Gasteiger charge is -2.36. The largest absolute Gasteiger partial charge is 0.360 e. The molecule has 21 heavy (non-hydrogen) atoms. The molecular formula is C15H26N4O2. The number of carbonyl (C=O) groups is 1. The van der Waals surface area contributed by atoms with Crippen molar-refractivity contribution in [1.82, 2.24) is 15.0 Å². The van der Waals surface area contributed by atoms with Crippen LogP contribution in [0, 0.1) is 12.8 Å². The number of aryl methyl sites for hydroxylation is 1. The number of aromatic nitrogens is 1. The Balaban J connectivity index is 1.81. The quantitative estimate of drug-likeness (QED) is 0.877. The minimum absolute atomic E-state index is 0.0829. The Kier molecular flexibility index (Phi) is 5.36. The van der Waals surface area contributed by atoms with E-state index < -0.39 is 0 Å². The van der Waals surface area contributed by atoms with Gasteiger partial charge in [-0.05, 0) is 12.8 Å². The Morgan fingerprint density at radius 3 is 2.62 bits per heavy atom. The number of rotatable bonds is 5. The molecule has 1 aliphatic rings. The number of hydrogen-bond acceptors (Lipinski definition) is 5. The van der Waals surface area contributed by atoms with Gasteiger partial charge in [0, 0.05) is 32.2 Å². The van der Waals surface area contributed by atoms with Gasteiger partial charge in [-0.2, -0.15) is 0 Å². The van der Waals surface area contributed by atoms with Crippen molar-refractivity contribution in [3.05, 3.63) is 17.5 Å². The third-order valence-corrected chi connectivity index (χ3v) is 4.28. The lowest BCUT2D eigenvalue weighted by Crippen LogP contribution is -2.54. The van der Waals surface area contributed by atoms with E-state index in [1.807, 2.05) is 24.8 Å². The summed E-state index contributed by atoms with van der Waals surface area (Å²) in [6, 6.07) is 1.58. The molecule has 2 heterocycles. The summed E-state index contributed by atoms with van der Waals surface area (Å²) in [5, 5.41) is 3.89. The maximum atomic E-state index is 12.3. The maximum Gasteiger partial charge on any atom is 0.239 e. The zero-order chi connectivity index (χ0) is 15.4. The zero-order valence-electron chi connectivity index (χ0n) is 13.2. The van der Waals surface area contributed by atoms with Gasteiger partial charge in [0.1, 0.15) is 0 Å². The lowest BCUT2D eigenvalue weighted by atomic mass is 9.98. The van der Waals surface area contributed by atoms with Crippen LogP contribution in [0.3, 0.4) is 0 Å². The van der Waals surface area contributed by atoms with Crippen LogP contribution in [0.15, 0.2) is 10.6 Å². The Bertz CT molecular complexity index is 466. The minimum Gasteiger partial charge on any atom is -0.360 e. The first-order valence-corrected chi connectivity index (χ1v) is 7.70. The molecule has 2 atom stereocenters. The third-order valence-electron chi connectivity index (χ3n) is 4.28. The smallest absolute Gasteiger partial charge is 0.239 e. The minimum atomic E-state index is -0.376. The number of nitrogens with two attached hydrogens (primary N) is 1. The fourth-order valence-corrected chi connectivity index (χ4v) is 2.55. The van der Waals surface area contributed by atoms with Crippen LogP contribution < -0.4 is 5.73 Å². The Hall–Kier alpha value is -1.40. The van der Waals surface area contributed by atoms with Crippen molar-refractivity contribution < 1.29 is 9.32 Å². The summed E-state index contributed by atoms with van der Waals surface area (Å²) >= 11 is 0. The van der Waals surface area contributed by atoms with Gasteiger partial charge in [0.15, 0.2) is 5.76 Å². The summed E-state index contributed by atoms with van der Waals surface area (Å²) in [6.07, 6.45) is 0.928. The molecule has 1 aliphatic heterocycles. The predicted octanol–water partition coefficient (Wildman–Crippen LogP) is 1.00. The SMILES string of the molecule is CC[C@H](C)[C@H](N)C(=O)N1CCN(Cc2cc(C)no2)CC1. The van der Waals surface area contributed by atoms with Crippen LogP contribution in [0.1, 0.15) is 31.7 Å². The van der Waals surface area contributed by atoms with Crippen LogP contribution in [0.25, 0.3) is 0 Å². The molecule has 1 aromatic heterocycles. The molecule has 1 aromatic rings. The predicted molar refractivity (Wildman–Crippen MR) is 80.5 cm³/mol. The fourth-order valence-electron chi connectivity index (χ4n) is 2.55. The number of hydrogen-bond donors (Lipinski definition) is 1. The molecular weight excluding hydrogens is 268 g/mol. The molecule has 1 amide bonds. The number of piperazine rings is 1. The first kappa shape index (κ1) is 16.0. The third kappa shape index (κ3) is 4.04. The van der Waals surface area contributed by atoms with Crippen molar-refractivity contribution in [2.24, 2.45) is 11.7 Å². The van der Waals surface area contributed by atoms with Gasteiger partial charge in [-0.15, -0.1) is 0 Å². The average Bonchev–Trinajstić information content (AvgIpc) is 2.90. The Morgan fingerprint density at radius 1 is 1.43 bits per heavy atom. The van der Waals surface area contributed by atoms with E-state index in [1.54, 1.807) is 0 Å². The topological polar surface area (TPSA) is 75.6 Å². The summed E-state index contributed by atoms with van der Waals surface area (Å²) in [4.78, 5) is 16.5. The van der Waals surface area contributed by atoms with Gasteiger partial charge >= 0.3 is 0 Å². The van der Waals surface area contributed by atoms with E-state index in [2.05, 4.69) is 17.0 Å². The highest BCUT2D eigenvalue weighted by molar-refractivity contribution is 5.82. The molecule has 6 heteroatoms. The summed E-state index contributed by atoms with van der Waals surface area (Å²) in [7, 11) is 0. The van der Waals surface area contributed by atoms with Crippen molar-refractivity contribution in [3.8, 4) is 0 Å². The number of carbonyl (C=O) groups excluding carboxylic acids is 1. The molecule has 0 spiro atoms. The zero-order valence-corrected chi connectivity index (χ0v) is 13.2. The van der Waals surface area contributed by atoms with Gasteiger partial charge in [0.2, 0.25) is 5.91 Å². The molecule has 0 radical (unpaired) electrons. The van der Waals surface area contributed by atoms with E-state index in [1.165, 1.54) is 0 Å². The van der Waals surface area contributed by atoms with E-state index in [4.69, 9.17) is 10.3 Å². The van der Waals surface area contributed by atoms with Gasteiger partial charge in [-0.3, -0.25) is 9.69 Å². The normalized spacial score (nSPS) is 19.5. The van der Waals surface area contributed by atoms with E-state index in [0.29, 0.717) is 0 Å². The molecule has 1 fully saturated rings. The van der Waals surface area contributed by atoms with Gasteiger partial charge in [0.25, 0.3) is 0 Å². The first-order chi connectivity index (χ1) is 10.0. The fraction of sp³-hybridized carbons (Fsp3) is 0.733. The van der Waals surface area contributed by atoms with Crippen LogP contribution in [0.5, 0.6) is 0 Å². The molecule has 6 nitrogen and oxygen atoms in total. The molecule has 0 aliphatic carbocycles. The second kappa shape index (κ2) is 7.04. The lowest BCUT2D eigenvalue weighted by molar-refractivity contribution is -0.135. The van der Waals surface area contributed by atoms with Crippen LogP contribution in [0.4, 0.5) is 0 Å². The van der Waals surface area contributed by atoms with E-state index in [9.17, 15) is 4.79 Å². The Morgan fingerprint density at radius 2 is 2.10 bits per heavy atom. The number of amides is 1. The molecule has 0 unspecified atom stereocenters. The highest BCUT2D eigenvalue weighted by Crippen LogP contribution is 2.13. The van der Waals surface area contributed by atoms with Crippen molar-refractivity contribution in [3.63, 3.8) is 0 Å². The molecule has 1 saturated heterocycles. The van der Waals surface area contributed by atoms with Crippen molar-refractivity contribution in [2.75, 3.05) is 26.2 Å². The van der Waals surface area contributed by atoms with Gasteiger partial charge in [-0.25, -0.2) is 0 Å². The second-order valence-corrected chi connectivity index (χ2v) is 5.95. The van der Waals surface area contributed by atoms with Crippen molar-refractivity contribution in [2.45, 2.75) is 39.8 Å². The summed E-state index contributed by atoms with van der Waals surface area (Å²) in [5.74, 6) is 1.19. The maximum absolute atomic E-state index is 12.3. The van der Waals surface area contributed by atoms with Crippen LogP contribution in [-0.4, -0.2) is 53.1 Å². The van der Waals surface area contributed by atoms with Gasteiger partial charge in [-0.1, -0.05) is 25.4 Å². The molecule has 0 bridgehead atoms. The van der Waals surface area contributed by atoms with E-state index in [-0.39, 0.29) is 17.9 Å². The monoisotopic (exact) mass is 294 g/mol. The molecule has 0 saturated carbocycles. The highest BCUT2D eigenvalue weighted by atomic mass is 16.5.